The first-order valence-corrected chi connectivity index (χ1v) is 8.29. The molecule has 2 aromatic rings. The third kappa shape index (κ3) is 4.71. The van der Waals surface area contributed by atoms with Crippen LogP contribution in [0, 0.1) is 0 Å². The summed E-state index contributed by atoms with van der Waals surface area (Å²) in [6.07, 6.45) is -8.38. The molecule has 0 aliphatic carbocycles. The maximum atomic E-state index is 13.0. The van der Waals surface area contributed by atoms with Gasteiger partial charge in [-0.25, -0.2) is 18.4 Å². The zero-order chi connectivity index (χ0) is 22.5. The second-order valence-electron chi connectivity index (χ2n) is 6.34. The van der Waals surface area contributed by atoms with Crippen LogP contribution >= 0.6 is 11.6 Å². The average molecular weight is 461 g/mol. The molecule has 1 aromatic carbocycles. The van der Waals surface area contributed by atoms with Crippen LogP contribution in [0.2, 0.25) is 0 Å². The lowest BCUT2D eigenvalue weighted by molar-refractivity contribution is -0.161. The number of amides is 1. The van der Waals surface area contributed by atoms with Gasteiger partial charge in [0.25, 0.3) is 11.8 Å². The summed E-state index contributed by atoms with van der Waals surface area (Å²) in [5.74, 6) is -4.47. The topological polar surface area (TPSA) is 51.0 Å². The molecule has 0 bridgehead atoms. The highest BCUT2D eigenvalue weighted by Gasteiger charge is 2.46. The summed E-state index contributed by atoms with van der Waals surface area (Å²) in [5, 5.41) is 3.12. The third-order valence-corrected chi connectivity index (χ3v) is 4.20. The van der Waals surface area contributed by atoms with Crippen molar-refractivity contribution in [2.45, 2.75) is 18.3 Å². The third-order valence-electron chi connectivity index (χ3n) is 3.94. The molecule has 162 valence electrons. The van der Waals surface area contributed by atoms with Gasteiger partial charge < -0.3 is 4.90 Å². The Morgan fingerprint density at radius 3 is 2.03 bits per heavy atom. The fourth-order valence-corrected chi connectivity index (χ4v) is 2.75. The van der Waals surface area contributed by atoms with E-state index in [2.05, 4.69) is 10.1 Å². The molecule has 1 aromatic heterocycles. The van der Waals surface area contributed by atoms with Crippen molar-refractivity contribution in [1.82, 2.24) is 19.7 Å². The predicted octanol–water partition coefficient (Wildman–Crippen LogP) is 4.50. The monoisotopic (exact) mass is 460 g/mol. The van der Waals surface area contributed by atoms with E-state index in [1.165, 1.54) is 0 Å². The van der Waals surface area contributed by atoms with E-state index in [9.17, 15) is 39.9 Å². The number of carbonyl (C=O) groups is 1. The second-order valence-corrected chi connectivity index (χ2v) is 6.74. The molecule has 0 atom stereocenters. The van der Waals surface area contributed by atoms with Crippen LogP contribution in [-0.4, -0.2) is 44.6 Å². The first kappa shape index (κ1) is 22.0. The number of nitrogens with zero attached hydrogens (tertiary/aromatic N) is 4. The zero-order valence-electron chi connectivity index (χ0n) is 14.4. The Balaban J connectivity index is 1.89. The van der Waals surface area contributed by atoms with Crippen molar-refractivity contribution in [2.75, 3.05) is 13.1 Å². The average Bonchev–Trinajstić information content (AvgIpc) is 3.05. The highest BCUT2D eigenvalue weighted by Crippen LogP contribution is 2.38. The van der Waals surface area contributed by atoms with Crippen molar-refractivity contribution >= 4 is 23.7 Å². The van der Waals surface area contributed by atoms with Gasteiger partial charge in [-0.3, -0.25) is 4.79 Å². The van der Waals surface area contributed by atoms with Crippen molar-refractivity contribution < 1.29 is 39.9 Å². The normalized spacial score (nSPS) is 17.1. The molecule has 1 aliphatic rings. The van der Waals surface area contributed by atoms with Crippen LogP contribution in [0.15, 0.2) is 29.6 Å². The quantitative estimate of drug-likeness (QED) is 0.501. The number of halogens is 9. The van der Waals surface area contributed by atoms with E-state index < -0.39 is 64.8 Å². The SMILES string of the molecule is O=C(/C(Cl)=C\n1cnc(-c2cc(C(F)(F)F)cc(C(F)(F)F)c2)n1)N1CC(F)(F)C1. The van der Waals surface area contributed by atoms with Gasteiger partial charge in [-0.05, 0) is 18.2 Å². The van der Waals surface area contributed by atoms with Crippen LogP contribution in [0.5, 0.6) is 0 Å². The van der Waals surface area contributed by atoms with Gasteiger partial charge in [0.2, 0.25) is 0 Å². The minimum Gasteiger partial charge on any atom is -0.326 e. The highest BCUT2D eigenvalue weighted by atomic mass is 35.5. The van der Waals surface area contributed by atoms with Crippen molar-refractivity contribution in [2.24, 2.45) is 0 Å². The zero-order valence-corrected chi connectivity index (χ0v) is 15.2. The molecular weight excluding hydrogens is 452 g/mol. The van der Waals surface area contributed by atoms with E-state index in [0.717, 1.165) is 22.1 Å². The van der Waals surface area contributed by atoms with Gasteiger partial charge in [-0.2, -0.15) is 26.3 Å². The molecular formula is C16H9ClF8N4O. The molecule has 1 fully saturated rings. The molecule has 0 N–H and O–H groups in total. The molecule has 0 spiro atoms. The molecule has 5 nitrogen and oxygen atoms in total. The van der Waals surface area contributed by atoms with Crippen LogP contribution in [0.25, 0.3) is 17.6 Å². The molecule has 14 heteroatoms. The maximum absolute atomic E-state index is 13.0. The summed E-state index contributed by atoms with van der Waals surface area (Å²) < 4.78 is 104. The minimum atomic E-state index is -5.05. The highest BCUT2D eigenvalue weighted by molar-refractivity contribution is 6.43. The van der Waals surface area contributed by atoms with Crippen molar-refractivity contribution in [3.05, 3.63) is 40.7 Å². The van der Waals surface area contributed by atoms with E-state index in [1.807, 2.05) is 0 Å². The summed E-state index contributed by atoms with van der Waals surface area (Å²) in [5.41, 5.74) is -3.67. The summed E-state index contributed by atoms with van der Waals surface area (Å²) in [4.78, 5) is 16.3. The smallest absolute Gasteiger partial charge is 0.326 e. The van der Waals surface area contributed by atoms with Gasteiger partial charge in [0, 0.05) is 5.56 Å². The number of alkyl halides is 8. The van der Waals surface area contributed by atoms with E-state index in [4.69, 9.17) is 11.6 Å². The predicted molar refractivity (Wildman–Crippen MR) is 87.1 cm³/mol. The van der Waals surface area contributed by atoms with Crippen molar-refractivity contribution in [3.8, 4) is 11.4 Å². The van der Waals surface area contributed by atoms with Gasteiger partial charge in [0.15, 0.2) is 5.82 Å². The number of hydrogen-bond acceptors (Lipinski definition) is 3. The lowest BCUT2D eigenvalue weighted by atomic mass is 10.0. The standard InChI is InChI=1S/C16H9ClF8N4O/c17-11(13(30)28-5-14(18,19)6-28)4-29-7-26-12(27-29)8-1-9(15(20,21)22)3-10(2-8)16(23,24)25/h1-4,7H,5-6H2/b11-4+. The Morgan fingerprint density at radius 1 is 1.03 bits per heavy atom. The maximum Gasteiger partial charge on any atom is 0.416 e. The molecule has 2 heterocycles. The van der Waals surface area contributed by atoms with E-state index >= 15 is 0 Å². The molecule has 1 aliphatic heterocycles. The van der Waals surface area contributed by atoms with E-state index in [1.54, 1.807) is 0 Å². The Hall–Kier alpha value is -2.70. The molecule has 1 amide bonds. The first-order chi connectivity index (χ1) is 13.7. The van der Waals surface area contributed by atoms with Gasteiger partial charge in [-0.15, -0.1) is 5.10 Å². The Bertz CT molecular complexity index is 971. The van der Waals surface area contributed by atoms with Crippen LogP contribution in [-0.2, 0) is 17.1 Å². The molecule has 30 heavy (non-hydrogen) atoms. The van der Waals surface area contributed by atoms with Crippen LogP contribution in [0.4, 0.5) is 35.1 Å². The van der Waals surface area contributed by atoms with E-state index in [0.29, 0.717) is 12.1 Å². The molecule has 1 saturated heterocycles. The van der Waals surface area contributed by atoms with Gasteiger partial charge >= 0.3 is 12.4 Å². The summed E-state index contributed by atoms with van der Waals surface area (Å²) in [7, 11) is 0. The van der Waals surface area contributed by atoms with Crippen LogP contribution < -0.4 is 0 Å². The van der Waals surface area contributed by atoms with Gasteiger partial charge in [0.1, 0.15) is 11.4 Å². The fourth-order valence-electron chi connectivity index (χ4n) is 2.53. The lowest BCUT2D eigenvalue weighted by Crippen LogP contribution is -2.58. The summed E-state index contributed by atoms with van der Waals surface area (Å²) >= 11 is 5.73. The molecule has 3 rings (SSSR count). The number of benzene rings is 1. The van der Waals surface area contributed by atoms with Crippen LogP contribution in [0.3, 0.4) is 0 Å². The molecule has 0 saturated carbocycles. The van der Waals surface area contributed by atoms with Crippen molar-refractivity contribution in [1.29, 1.82) is 0 Å². The number of aromatic nitrogens is 3. The lowest BCUT2D eigenvalue weighted by Gasteiger charge is -2.38. The Kier molecular flexibility index (Phi) is 5.29. The van der Waals surface area contributed by atoms with Crippen molar-refractivity contribution in [3.63, 3.8) is 0 Å². The number of hydrogen-bond donors (Lipinski definition) is 0. The van der Waals surface area contributed by atoms with Crippen LogP contribution in [0.1, 0.15) is 11.1 Å². The Morgan fingerprint density at radius 2 is 1.57 bits per heavy atom. The summed E-state index contributed by atoms with van der Waals surface area (Å²) in [6.45, 7) is -1.66. The molecule has 0 unspecified atom stereocenters. The number of rotatable bonds is 3. The fraction of sp³-hybridized carbons (Fsp3) is 0.312. The minimum absolute atomic E-state index is 0.0429. The van der Waals surface area contributed by atoms with Gasteiger partial charge in [0.05, 0.1) is 30.4 Å². The largest absolute Gasteiger partial charge is 0.416 e. The summed E-state index contributed by atoms with van der Waals surface area (Å²) in [6, 6.07) is 0.833. The second kappa shape index (κ2) is 7.22. The number of likely N-dealkylation sites (tertiary alicyclic amines) is 1. The van der Waals surface area contributed by atoms with E-state index in [-0.39, 0.29) is 6.07 Å². The number of carbonyl (C=O) groups excluding carboxylic acids is 1. The first-order valence-electron chi connectivity index (χ1n) is 7.91. The molecule has 0 radical (unpaired) electrons. The Labute approximate surface area is 167 Å². The van der Waals surface area contributed by atoms with Gasteiger partial charge in [-0.1, -0.05) is 11.6 Å².